The highest BCUT2D eigenvalue weighted by atomic mass is 32.1. The van der Waals surface area contributed by atoms with E-state index in [0.717, 1.165) is 5.56 Å². The van der Waals surface area contributed by atoms with Gasteiger partial charge in [0.15, 0.2) is 7.12 Å². The monoisotopic (exact) mass is 497 g/mol. The van der Waals surface area contributed by atoms with Gasteiger partial charge in [0.1, 0.15) is 5.60 Å². The predicted molar refractivity (Wildman–Crippen MR) is 143 cm³/mol. The minimum atomic E-state index is -0.557. The molecule has 1 aromatic carbocycles. The first-order valence-electron chi connectivity index (χ1n) is 11.7. The maximum absolute atomic E-state index is 12.2. The van der Waals surface area contributed by atoms with Crippen molar-refractivity contribution in [2.24, 2.45) is 0 Å². The number of rotatable bonds is 10. The Morgan fingerprint density at radius 1 is 0.971 bits per heavy atom. The topological polar surface area (TPSA) is 106 Å². The molecule has 8 nitrogen and oxygen atoms in total. The standard InChI is InChI=1S/C20H31N3O5.2C2H6.BHS/c1-5-27-17(24)9-10-21-14-15-7-6-8-16(13-15)18(25)22-11-12-23-19(26)28-20(2,3)4;3*1-2/h6-8,13,21H,5,9-12,14H2,1-4H3,(H,22,25)(H,23,26);2*1-2H3;2H. The second-order valence-electron chi connectivity index (χ2n) is 7.12. The van der Waals surface area contributed by atoms with Gasteiger partial charge in [0.05, 0.1) is 13.0 Å². The van der Waals surface area contributed by atoms with Gasteiger partial charge in [-0.1, -0.05) is 39.8 Å². The number of esters is 1. The number of alkyl carbamates (subject to hydrolysis) is 1. The van der Waals surface area contributed by atoms with E-state index in [-0.39, 0.29) is 18.4 Å². The summed E-state index contributed by atoms with van der Waals surface area (Å²) in [4.78, 5) is 35.0. The van der Waals surface area contributed by atoms with Crippen LogP contribution in [0.5, 0.6) is 0 Å². The third kappa shape index (κ3) is 21.6. The number of nitrogens with one attached hydrogen (secondary N) is 3. The first-order valence-corrected chi connectivity index (χ1v) is 12.2. The normalized spacial score (nSPS) is 9.44. The number of benzene rings is 1. The molecule has 0 fully saturated rings. The van der Waals surface area contributed by atoms with Crippen molar-refractivity contribution in [3.05, 3.63) is 35.4 Å². The predicted octanol–water partition coefficient (Wildman–Crippen LogP) is 4.04. The molecule has 0 heterocycles. The van der Waals surface area contributed by atoms with Gasteiger partial charge in [0.25, 0.3) is 5.91 Å². The summed E-state index contributed by atoms with van der Waals surface area (Å²) in [5.41, 5.74) is 0.906. The van der Waals surface area contributed by atoms with E-state index in [0.29, 0.717) is 38.2 Å². The summed E-state index contributed by atoms with van der Waals surface area (Å²) in [6.45, 7) is 17.1. The lowest BCUT2D eigenvalue weighted by Gasteiger charge is -2.19. The van der Waals surface area contributed by atoms with Crippen LogP contribution in [-0.2, 0) is 20.8 Å². The van der Waals surface area contributed by atoms with E-state index in [4.69, 9.17) is 9.47 Å². The Morgan fingerprint density at radius 2 is 1.56 bits per heavy atom. The highest BCUT2D eigenvalue weighted by molar-refractivity contribution is 8.03. The zero-order valence-corrected chi connectivity index (χ0v) is 23.0. The van der Waals surface area contributed by atoms with E-state index < -0.39 is 11.7 Å². The van der Waals surface area contributed by atoms with Gasteiger partial charge in [-0.15, -0.1) is 0 Å². The molecule has 0 spiro atoms. The van der Waals surface area contributed by atoms with Crippen molar-refractivity contribution in [3.8, 4) is 0 Å². The van der Waals surface area contributed by atoms with Gasteiger partial charge in [-0.3, -0.25) is 9.59 Å². The Balaban J connectivity index is -0.00000148. The molecule has 0 bridgehead atoms. The second kappa shape index (κ2) is 23.9. The fourth-order valence-corrected chi connectivity index (χ4v) is 2.24. The van der Waals surface area contributed by atoms with Crippen LogP contribution >= 0.6 is 12.5 Å². The molecular weight excluding hydrogens is 453 g/mol. The van der Waals surface area contributed by atoms with Crippen LogP contribution in [0.2, 0.25) is 0 Å². The van der Waals surface area contributed by atoms with Crippen molar-refractivity contribution in [1.29, 1.82) is 0 Å². The number of carbonyl (C=O) groups is 3. The molecular formula is C24H44BN3O5S. The lowest BCUT2D eigenvalue weighted by molar-refractivity contribution is -0.142. The number of amides is 2. The van der Waals surface area contributed by atoms with Crippen LogP contribution in [0, 0.1) is 0 Å². The van der Waals surface area contributed by atoms with Crippen molar-refractivity contribution >= 4 is 37.6 Å². The summed E-state index contributed by atoms with van der Waals surface area (Å²) in [6, 6.07) is 7.21. The van der Waals surface area contributed by atoms with Crippen LogP contribution in [0.25, 0.3) is 0 Å². The van der Waals surface area contributed by atoms with Crippen LogP contribution < -0.4 is 16.0 Å². The van der Waals surface area contributed by atoms with Gasteiger partial charge in [-0.05, 0) is 45.4 Å². The Bertz CT molecular complexity index is 670. The Kier molecular flexibility index (Phi) is 25.6. The summed E-state index contributed by atoms with van der Waals surface area (Å²) in [7, 11) is 4.19. The van der Waals surface area contributed by atoms with E-state index in [9.17, 15) is 14.4 Å². The average molecular weight is 498 g/mol. The van der Waals surface area contributed by atoms with Crippen LogP contribution in [0.1, 0.15) is 77.7 Å². The molecule has 2 amide bonds. The molecule has 1 rings (SSSR count). The summed E-state index contributed by atoms with van der Waals surface area (Å²) in [5, 5.41) is 8.48. The van der Waals surface area contributed by atoms with Crippen LogP contribution in [-0.4, -0.2) is 56.9 Å². The van der Waals surface area contributed by atoms with E-state index in [1.807, 2.05) is 33.8 Å². The van der Waals surface area contributed by atoms with E-state index in [1.54, 1.807) is 45.9 Å². The molecule has 0 unspecified atom stereocenters. The number of hydrogen-bond acceptors (Lipinski definition) is 7. The molecule has 0 aliphatic rings. The van der Waals surface area contributed by atoms with Gasteiger partial charge in [-0.25, -0.2) is 17.3 Å². The number of carbonyl (C=O) groups excluding carboxylic acids is 3. The van der Waals surface area contributed by atoms with Crippen LogP contribution in [0.4, 0.5) is 4.79 Å². The van der Waals surface area contributed by atoms with Crippen molar-refractivity contribution in [2.45, 2.75) is 74.0 Å². The van der Waals surface area contributed by atoms with Crippen molar-refractivity contribution in [2.75, 3.05) is 26.2 Å². The Hall–Kier alpha value is -2.20. The molecule has 0 saturated carbocycles. The number of thiol groups is 1. The fraction of sp³-hybridized carbons (Fsp3) is 0.625. The van der Waals surface area contributed by atoms with Gasteiger partial charge in [0.2, 0.25) is 0 Å². The Morgan fingerprint density at radius 3 is 2.12 bits per heavy atom. The maximum Gasteiger partial charge on any atom is 0.407 e. The largest absolute Gasteiger partial charge is 0.466 e. The van der Waals surface area contributed by atoms with Crippen LogP contribution in [0.15, 0.2) is 24.3 Å². The van der Waals surface area contributed by atoms with E-state index in [2.05, 4.69) is 35.6 Å². The molecule has 0 aliphatic heterocycles. The molecule has 0 aliphatic carbocycles. The first-order chi connectivity index (χ1) is 16.2. The lowest BCUT2D eigenvalue weighted by Crippen LogP contribution is -2.37. The van der Waals surface area contributed by atoms with Crippen molar-refractivity contribution < 1.29 is 23.9 Å². The molecule has 0 atom stereocenters. The maximum atomic E-state index is 12.2. The van der Waals surface area contributed by atoms with Gasteiger partial charge in [0, 0.05) is 31.7 Å². The van der Waals surface area contributed by atoms with Gasteiger partial charge < -0.3 is 25.4 Å². The fourth-order valence-electron chi connectivity index (χ4n) is 2.24. The van der Waals surface area contributed by atoms with Crippen LogP contribution in [0.3, 0.4) is 0 Å². The molecule has 2 radical (unpaired) electrons. The summed E-state index contributed by atoms with van der Waals surface area (Å²) in [5.74, 6) is -0.456. The molecule has 1 aromatic rings. The molecule has 0 aromatic heterocycles. The second-order valence-corrected chi connectivity index (χ2v) is 7.12. The smallest absolute Gasteiger partial charge is 0.407 e. The molecule has 194 valence electrons. The van der Waals surface area contributed by atoms with E-state index in [1.165, 1.54) is 0 Å². The molecule has 10 heteroatoms. The summed E-state index contributed by atoms with van der Waals surface area (Å²) >= 11 is 3.03. The third-order valence-electron chi connectivity index (χ3n) is 3.41. The highest BCUT2D eigenvalue weighted by Crippen LogP contribution is 2.06. The van der Waals surface area contributed by atoms with E-state index >= 15 is 0 Å². The molecule has 3 N–H and O–H groups in total. The quantitative estimate of drug-likeness (QED) is 0.168. The SMILES string of the molecule is CC.CC.CCOC(=O)CCNCc1cccc(C(=O)NCCNC(=O)OC(C)(C)C)c1.[B]S. The zero-order valence-electron chi connectivity index (χ0n) is 22.1. The Labute approximate surface area is 213 Å². The van der Waals surface area contributed by atoms with Gasteiger partial charge in [-0.2, -0.15) is 0 Å². The minimum absolute atomic E-state index is 0.223. The van der Waals surface area contributed by atoms with Crippen molar-refractivity contribution in [3.63, 3.8) is 0 Å². The number of hydrogen-bond donors (Lipinski definition) is 4. The minimum Gasteiger partial charge on any atom is -0.466 e. The third-order valence-corrected chi connectivity index (χ3v) is 3.41. The number of ether oxygens (including phenoxy) is 2. The molecule has 0 saturated heterocycles. The summed E-state index contributed by atoms with van der Waals surface area (Å²) < 4.78 is 9.99. The van der Waals surface area contributed by atoms with Crippen molar-refractivity contribution in [1.82, 2.24) is 16.0 Å². The highest BCUT2D eigenvalue weighted by Gasteiger charge is 2.15. The average Bonchev–Trinajstić information content (AvgIpc) is 2.82. The first kappa shape index (κ1) is 36.4. The summed E-state index contributed by atoms with van der Waals surface area (Å²) in [6.07, 6.45) is -0.212. The zero-order chi connectivity index (χ0) is 27.0. The lowest BCUT2D eigenvalue weighted by atomic mass is 10.1. The molecule has 34 heavy (non-hydrogen) atoms. The van der Waals surface area contributed by atoms with Gasteiger partial charge >= 0.3 is 12.1 Å².